The van der Waals surface area contributed by atoms with Crippen molar-refractivity contribution < 1.29 is 4.79 Å². The predicted molar refractivity (Wildman–Crippen MR) is 99.9 cm³/mol. The molecule has 0 rings (SSSR count). The van der Waals surface area contributed by atoms with Crippen molar-refractivity contribution in [3.05, 3.63) is 0 Å². The van der Waals surface area contributed by atoms with Crippen LogP contribution in [0.25, 0.3) is 0 Å². The van der Waals surface area contributed by atoms with Crippen molar-refractivity contribution in [1.29, 1.82) is 0 Å². The summed E-state index contributed by atoms with van der Waals surface area (Å²) in [7, 11) is 0. The van der Waals surface area contributed by atoms with Gasteiger partial charge in [-0.1, -0.05) is 90.4 Å². The van der Waals surface area contributed by atoms with E-state index < -0.39 is 0 Å². The van der Waals surface area contributed by atoms with Crippen LogP contribution in [0.5, 0.6) is 0 Å². The van der Waals surface area contributed by atoms with Gasteiger partial charge in [0, 0.05) is 11.8 Å². The first-order valence-electron chi connectivity index (χ1n) is 9.80. The summed E-state index contributed by atoms with van der Waals surface area (Å²) in [5.41, 5.74) is 0. The van der Waals surface area contributed by atoms with Crippen LogP contribution < -0.4 is 0 Å². The lowest BCUT2D eigenvalue weighted by molar-refractivity contribution is -0.117. The Balaban J connectivity index is 3.09. The fraction of sp³-hybridized carbons (Fsp3) is 0.950. The van der Waals surface area contributed by atoms with Gasteiger partial charge >= 0.3 is 0 Å². The zero-order valence-electron chi connectivity index (χ0n) is 15.2. The van der Waals surface area contributed by atoms with Crippen LogP contribution in [0, 0.1) is 0 Å². The molecule has 0 saturated heterocycles. The molecule has 0 aliphatic heterocycles. The highest BCUT2D eigenvalue weighted by Gasteiger charge is 2.05. The number of hydrogen-bond acceptors (Lipinski definition) is 1. The van der Waals surface area contributed by atoms with Crippen LogP contribution in [0.2, 0.25) is 0 Å². The maximum atomic E-state index is 10.9. The second kappa shape index (κ2) is 17.3. The molecule has 0 aromatic heterocycles. The number of halogens is 1. The van der Waals surface area contributed by atoms with E-state index in [1.165, 1.54) is 83.5 Å². The van der Waals surface area contributed by atoms with Crippen molar-refractivity contribution in [3.8, 4) is 0 Å². The second-order valence-electron chi connectivity index (χ2n) is 6.87. The van der Waals surface area contributed by atoms with Gasteiger partial charge in [-0.2, -0.15) is 0 Å². The van der Waals surface area contributed by atoms with Crippen molar-refractivity contribution in [2.75, 3.05) is 0 Å². The van der Waals surface area contributed by atoms with E-state index in [-0.39, 0.29) is 11.2 Å². The average Bonchev–Trinajstić information content (AvgIpc) is 2.49. The number of alkyl halides is 1. The molecule has 0 bridgehead atoms. The van der Waals surface area contributed by atoms with Crippen LogP contribution in [-0.4, -0.2) is 11.2 Å². The summed E-state index contributed by atoms with van der Waals surface area (Å²) < 4.78 is 0. The van der Waals surface area contributed by atoms with Gasteiger partial charge in [0.15, 0.2) is 0 Å². The first-order valence-corrected chi connectivity index (χ1v) is 10.2. The van der Waals surface area contributed by atoms with Crippen LogP contribution >= 0.6 is 11.6 Å². The molecule has 0 amide bonds. The van der Waals surface area contributed by atoms with E-state index in [0.717, 1.165) is 12.8 Å². The molecule has 0 aromatic rings. The minimum Gasteiger partial charge on any atom is -0.300 e. The molecule has 0 aliphatic rings. The lowest BCUT2D eigenvalue weighted by Crippen LogP contribution is -2.01. The maximum absolute atomic E-state index is 10.9. The molecule has 0 aliphatic carbocycles. The Morgan fingerprint density at radius 2 is 1.14 bits per heavy atom. The Kier molecular flexibility index (Phi) is 17.3. The van der Waals surface area contributed by atoms with Crippen LogP contribution in [0.15, 0.2) is 0 Å². The van der Waals surface area contributed by atoms with Gasteiger partial charge in [0.25, 0.3) is 0 Å². The highest BCUT2D eigenvalue weighted by Crippen LogP contribution is 2.16. The maximum Gasteiger partial charge on any atom is 0.129 e. The van der Waals surface area contributed by atoms with E-state index in [2.05, 4.69) is 6.92 Å². The quantitative estimate of drug-likeness (QED) is 0.200. The Morgan fingerprint density at radius 3 is 1.55 bits per heavy atom. The molecule has 2 heteroatoms. The molecule has 0 heterocycles. The van der Waals surface area contributed by atoms with Crippen LogP contribution in [-0.2, 0) is 4.79 Å². The standard InChI is InChI=1S/C20H39ClO/c1-3-4-5-6-7-8-9-10-11-12-13-14-15-16-20(21)18-17-19(2)22/h20H,3-18H2,1-2H3. The second-order valence-corrected chi connectivity index (χ2v) is 7.49. The van der Waals surface area contributed by atoms with Crippen LogP contribution in [0.1, 0.15) is 117 Å². The van der Waals surface area contributed by atoms with Crippen LogP contribution in [0.4, 0.5) is 0 Å². The molecule has 1 atom stereocenters. The Hall–Kier alpha value is -0.0400. The van der Waals surface area contributed by atoms with Gasteiger partial charge in [0.05, 0.1) is 0 Å². The summed E-state index contributed by atoms with van der Waals surface area (Å²) in [6, 6.07) is 0. The molecule has 0 spiro atoms. The predicted octanol–water partition coefficient (Wildman–Crippen LogP) is 7.44. The lowest BCUT2D eigenvalue weighted by Gasteiger charge is -2.08. The van der Waals surface area contributed by atoms with Gasteiger partial charge in [0.1, 0.15) is 5.78 Å². The fourth-order valence-electron chi connectivity index (χ4n) is 2.89. The van der Waals surface area contributed by atoms with Crippen molar-refractivity contribution >= 4 is 17.4 Å². The van der Waals surface area contributed by atoms with Gasteiger partial charge in [-0.3, -0.25) is 0 Å². The molecule has 1 unspecified atom stereocenters. The normalized spacial score (nSPS) is 12.5. The van der Waals surface area contributed by atoms with E-state index >= 15 is 0 Å². The molecule has 0 N–H and O–H groups in total. The summed E-state index contributed by atoms with van der Waals surface area (Å²) in [4.78, 5) is 10.9. The molecule has 0 radical (unpaired) electrons. The van der Waals surface area contributed by atoms with E-state index in [0.29, 0.717) is 6.42 Å². The average molecular weight is 331 g/mol. The number of carbonyl (C=O) groups excluding carboxylic acids is 1. The minimum absolute atomic E-state index is 0.205. The third-order valence-electron chi connectivity index (χ3n) is 4.43. The summed E-state index contributed by atoms with van der Waals surface area (Å²) in [6.07, 6.45) is 20.6. The molecule has 0 aromatic carbocycles. The van der Waals surface area contributed by atoms with E-state index in [9.17, 15) is 4.79 Å². The first kappa shape index (κ1) is 22.0. The highest BCUT2D eigenvalue weighted by molar-refractivity contribution is 6.20. The van der Waals surface area contributed by atoms with Gasteiger partial charge in [-0.15, -0.1) is 11.6 Å². The highest BCUT2D eigenvalue weighted by atomic mass is 35.5. The minimum atomic E-state index is 0.205. The number of Topliss-reactive ketones (excluding diaryl/α,β-unsaturated/α-hetero) is 1. The van der Waals surface area contributed by atoms with Crippen molar-refractivity contribution in [2.24, 2.45) is 0 Å². The molecule has 1 nitrogen and oxygen atoms in total. The molecule has 0 saturated carbocycles. The molecular formula is C20H39ClO. The van der Waals surface area contributed by atoms with Crippen molar-refractivity contribution in [3.63, 3.8) is 0 Å². The zero-order valence-corrected chi connectivity index (χ0v) is 15.9. The summed E-state index contributed by atoms with van der Waals surface area (Å²) >= 11 is 6.22. The Bertz CT molecular complexity index is 240. The molecule has 22 heavy (non-hydrogen) atoms. The Labute approximate surface area is 144 Å². The Morgan fingerprint density at radius 1 is 0.727 bits per heavy atom. The van der Waals surface area contributed by atoms with E-state index in [1.54, 1.807) is 6.92 Å². The van der Waals surface area contributed by atoms with E-state index in [1.807, 2.05) is 0 Å². The molecular weight excluding hydrogens is 292 g/mol. The van der Waals surface area contributed by atoms with E-state index in [4.69, 9.17) is 11.6 Å². The van der Waals surface area contributed by atoms with Crippen molar-refractivity contribution in [2.45, 2.75) is 122 Å². The molecule has 0 fully saturated rings. The monoisotopic (exact) mass is 330 g/mol. The number of unbranched alkanes of at least 4 members (excludes halogenated alkanes) is 12. The topological polar surface area (TPSA) is 17.1 Å². The largest absolute Gasteiger partial charge is 0.300 e. The first-order chi connectivity index (χ1) is 10.7. The lowest BCUT2D eigenvalue weighted by atomic mass is 10.0. The number of ketones is 1. The fourth-order valence-corrected chi connectivity index (χ4v) is 3.15. The smallest absolute Gasteiger partial charge is 0.129 e. The van der Waals surface area contributed by atoms with Gasteiger partial charge in [-0.05, 0) is 19.8 Å². The molecule has 132 valence electrons. The third kappa shape index (κ3) is 18.0. The summed E-state index contributed by atoms with van der Waals surface area (Å²) in [5.74, 6) is 0.260. The summed E-state index contributed by atoms with van der Waals surface area (Å²) in [6.45, 7) is 3.92. The number of hydrogen-bond donors (Lipinski definition) is 0. The van der Waals surface area contributed by atoms with Gasteiger partial charge < -0.3 is 4.79 Å². The zero-order chi connectivity index (χ0) is 16.5. The van der Waals surface area contributed by atoms with Crippen molar-refractivity contribution in [1.82, 2.24) is 0 Å². The summed E-state index contributed by atoms with van der Waals surface area (Å²) in [5, 5.41) is 0.205. The van der Waals surface area contributed by atoms with Gasteiger partial charge in [-0.25, -0.2) is 0 Å². The SMILES string of the molecule is CCCCCCCCCCCCCCCC(Cl)CCC(C)=O. The van der Waals surface area contributed by atoms with Gasteiger partial charge in [0.2, 0.25) is 0 Å². The third-order valence-corrected chi connectivity index (χ3v) is 4.87. The number of carbonyl (C=O) groups is 1. The van der Waals surface area contributed by atoms with Crippen LogP contribution in [0.3, 0.4) is 0 Å². The number of rotatable bonds is 17.